The normalized spacial score (nSPS) is 13.6. The Morgan fingerprint density at radius 3 is 2.43 bits per heavy atom. The highest BCUT2D eigenvalue weighted by Crippen LogP contribution is 2.25. The van der Waals surface area contributed by atoms with Gasteiger partial charge in [0.1, 0.15) is 0 Å². The van der Waals surface area contributed by atoms with Crippen molar-refractivity contribution in [3.63, 3.8) is 0 Å². The van der Waals surface area contributed by atoms with Gasteiger partial charge >= 0.3 is 0 Å². The lowest BCUT2D eigenvalue weighted by Crippen LogP contribution is -2.19. The summed E-state index contributed by atoms with van der Waals surface area (Å²) in [6.07, 6.45) is 1.84. The van der Waals surface area contributed by atoms with E-state index in [0.29, 0.717) is 0 Å². The second kappa shape index (κ2) is 5.02. The molecule has 3 aromatic rings. The van der Waals surface area contributed by atoms with Crippen molar-refractivity contribution in [3.05, 3.63) is 78.1 Å². The van der Waals surface area contributed by atoms with Crippen LogP contribution in [-0.4, -0.2) is 21.8 Å². The van der Waals surface area contributed by atoms with Gasteiger partial charge in [0.2, 0.25) is 0 Å². The lowest BCUT2D eigenvalue weighted by Gasteiger charge is -2.18. The molecule has 4 rings (SSSR count). The average molecular weight is 273 g/mol. The Balaban J connectivity index is 1.83. The summed E-state index contributed by atoms with van der Waals surface area (Å²) in [5.41, 5.74) is 5.59. The number of aromatic nitrogens is 2. The van der Waals surface area contributed by atoms with Crippen LogP contribution in [0.25, 0.3) is 11.4 Å². The molecule has 0 N–H and O–H groups in total. The molecular weight excluding hydrogens is 258 g/mol. The van der Waals surface area contributed by atoms with Crippen LogP contribution < -0.4 is 0 Å². The summed E-state index contributed by atoms with van der Waals surface area (Å²) in [5.74, 6) is 0. The number of rotatable bonds is 2. The number of fused-ring (bicyclic) bond motifs is 1. The van der Waals surface area contributed by atoms with Crippen molar-refractivity contribution in [2.75, 3.05) is 6.54 Å². The third-order valence-corrected chi connectivity index (χ3v) is 3.79. The number of benzene rings is 1. The fourth-order valence-corrected chi connectivity index (χ4v) is 2.83. The standard InChI is InChI=1S/C18H15N3/c1-2-6-14(7-3-1)18-17-10-9-16(21(17)13-12-20-18)15-8-4-5-11-19-15/h1-11H,12-13H2. The van der Waals surface area contributed by atoms with Crippen molar-refractivity contribution < 1.29 is 0 Å². The van der Waals surface area contributed by atoms with Crippen LogP contribution in [0.4, 0.5) is 0 Å². The fourth-order valence-electron chi connectivity index (χ4n) is 2.83. The number of hydrogen-bond donors (Lipinski definition) is 0. The van der Waals surface area contributed by atoms with Gasteiger partial charge in [-0.2, -0.15) is 0 Å². The highest BCUT2D eigenvalue weighted by atomic mass is 15.1. The monoisotopic (exact) mass is 273 g/mol. The van der Waals surface area contributed by atoms with E-state index >= 15 is 0 Å². The molecule has 1 aromatic carbocycles. The van der Waals surface area contributed by atoms with E-state index < -0.39 is 0 Å². The van der Waals surface area contributed by atoms with Crippen LogP contribution in [0.1, 0.15) is 11.3 Å². The van der Waals surface area contributed by atoms with Crippen molar-refractivity contribution in [2.24, 2.45) is 4.99 Å². The van der Waals surface area contributed by atoms with Gasteiger partial charge in [-0.1, -0.05) is 36.4 Å². The molecule has 1 aliphatic heterocycles. The third kappa shape index (κ3) is 2.07. The molecule has 0 radical (unpaired) electrons. The van der Waals surface area contributed by atoms with E-state index in [1.807, 2.05) is 24.4 Å². The van der Waals surface area contributed by atoms with Gasteiger partial charge in [0.05, 0.1) is 29.3 Å². The van der Waals surface area contributed by atoms with Crippen molar-refractivity contribution in [1.82, 2.24) is 9.55 Å². The van der Waals surface area contributed by atoms with Crippen LogP contribution in [0.2, 0.25) is 0 Å². The molecular formula is C18H15N3. The molecule has 0 spiro atoms. The molecule has 3 heterocycles. The molecule has 0 amide bonds. The number of pyridine rings is 1. The van der Waals surface area contributed by atoms with Crippen molar-refractivity contribution >= 4 is 5.71 Å². The fraction of sp³-hybridized carbons (Fsp3) is 0.111. The van der Waals surface area contributed by atoms with Crippen molar-refractivity contribution in [3.8, 4) is 11.4 Å². The predicted octanol–water partition coefficient (Wildman–Crippen LogP) is 3.40. The maximum Gasteiger partial charge on any atom is 0.0884 e. The molecule has 0 unspecified atom stereocenters. The van der Waals surface area contributed by atoms with Gasteiger partial charge in [0.25, 0.3) is 0 Å². The van der Waals surface area contributed by atoms with E-state index in [2.05, 4.69) is 52.0 Å². The zero-order chi connectivity index (χ0) is 14.1. The van der Waals surface area contributed by atoms with E-state index in [4.69, 9.17) is 4.99 Å². The topological polar surface area (TPSA) is 30.2 Å². The van der Waals surface area contributed by atoms with E-state index in [1.165, 1.54) is 11.3 Å². The highest BCUT2D eigenvalue weighted by Gasteiger charge is 2.19. The maximum atomic E-state index is 4.72. The van der Waals surface area contributed by atoms with Crippen molar-refractivity contribution in [2.45, 2.75) is 6.54 Å². The Bertz CT molecular complexity index is 786. The Kier molecular flexibility index (Phi) is 2.89. The minimum atomic E-state index is 0.811. The first-order chi connectivity index (χ1) is 10.4. The summed E-state index contributed by atoms with van der Waals surface area (Å²) in [4.78, 5) is 9.19. The van der Waals surface area contributed by atoms with Gasteiger partial charge in [-0.25, -0.2) is 0 Å². The molecule has 102 valence electrons. The summed E-state index contributed by atoms with van der Waals surface area (Å²) in [6, 6.07) is 20.7. The first-order valence-corrected chi connectivity index (χ1v) is 7.15. The Morgan fingerprint density at radius 2 is 1.62 bits per heavy atom. The Morgan fingerprint density at radius 1 is 0.810 bits per heavy atom. The first kappa shape index (κ1) is 12.1. The minimum absolute atomic E-state index is 0.811. The molecule has 0 fully saturated rings. The van der Waals surface area contributed by atoms with E-state index in [0.717, 1.165) is 30.2 Å². The second-order valence-corrected chi connectivity index (χ2v) is 5.07. The molecule has 21 heavy (non-hydrogen) atoms. The van der Waals surface area contributed by atoms with Crippen LogP contribution in [0.3, 0.4) is 0 Å². The summed E-state index contributed by atoms with van der Waals surface area (Å²) in [7, 11) is 0. The smallest absolute Gasteiger partial charge is 0.0884 e. The van der Waals surface area contributed by atoms with Gasteiger partial charge in [-0.15, -0.1) is 0 Å². The summed E-state index contributed by atoms with van der Waals surface area (Å²) in [6.45, 7) is 1.72. The third-order valence-electron chi connectivity index (χ3n) is 3.79. The molecule has 0 saturated heterocycles. The maximum absolute atomic E-state index is 4.72. The first-order valence-electron chi connectivity index (χ1n) is 7.15. The predicted molar refractivity (Wildman–Crippen MR) is 84.6 cm³/mol. The molecule has 0 aliphatic carbocycles. The van der Waals surface area contributed by atoms with E-state index in [1.54, 1.807) is 0 Å². The molecule has 0 bridgehead atoms. The molecule has 1 aliphatic rings. The van der Waals surface area contributed by atoms with E-state index in [9.17, 15) is 0 Å². The zero-order valence-corrected chi connectivity index (χ0v) is 11.6. The lowest BCUT2D eigenvalue weighted by atomic mass is 10.1. The average Bonchev–Trinajstić information content (AvgIpc) is 3.00. The molecule has 0 atom stereocenters. The van der Waals surface area contributed by atoms with E-state index in [-0.39, 0.29) is 0 Å². The summed E-state index contributed by atoms with van der Waals surface area (Å²) in [5, 5.41) is 0. The molecule has 3 heteroatoms. The van der Waals surface area contributed by atoms with Crippen LogP contribution in [-0.2, 0) is 6.54 Å². The van der Waals surface area contributed by atoms with Crippen LogP contribution in [0.5, 0.6) is 0 Å². The summed E-state index contributed by atoms with van der Waals surface area (Å²) >= 11 is 0. The van der Waals surface area contributed by atoms with Gasteiger partial charge in [-0.05, 0) is 24.3 Å². The van der Waals surface area contributed by atoms with Gasteiger partial charge in [0, 0.05) is 18.3 Å². The van der Waals surface area contributed by atoms with Crippen LogP contribution in [0.15, 0.2) is 71.9 Å². The quantitative estimate of drug-likeness (QED) is 0.704. The number of aliphatic imine (C=N–C) groups is 1. The van der Waals surface area contributed by atoms with Crippen molar-refractivity contribution in [1.29, 1.82) is 0 Å². The number of nitrogens with zero attached hydrogens (tertiary/aromatic N) is 3. The summed E-state index contributed by atoms with van der Waals surface area (Å²) < 4.78 is 2.32. The molecule has 2 aromatic heterocycles. The second-order valence-electron chi connectivity index (χ2n) is 5.07. The van der Waals surface area contributed by atoms with Crippen LogP contribution >= 0.6 is 0 Å². The largest absolute Gasteiger partial charge is 0.336 e. The lowest BCUT2D eigenvalue weighted by molar-refractivity contribution is 0.695. The molecule has 3 nitrogen and oxygen atoms in total. The SMILES string of the molecule is c1ccc(C2=NCCn3c2ccc3-c2ccccn2)cc1. The minimum Gasteiger partial charge on any atom is -0.336 e. The Labute approximate surface area is 123 Å². The van der Waals surface area contributed by atoms with Gasteiger partial charge in [0.15, 0.2) is 0 Å². The molecule has 0 saturated carbocycles. The highest BCUT2D eigenvalue weighted by molar-refractivity contribution is 6.12. The number of hydrogen-bond acceptors (Lipinski definition) is 2. The Hall–Kier alpha value is -2.68. The zero-order valence-electron chi connectivity index (χ0n) is 11.6. The van der Waals surface area contributed by atoms with Gasteiger partial charge in [-0.3, -0.25) is 9.98 Å². The van der Waals surface area contributed by atoms with Gasteiger partial charge < -0.3 is 4.57 Å². The van der Waals surface area contributed by atoms with Crippen LogP contribution in [0, 0.1) is 0 Å².